The zero-order valence-electron chi connectivity index (χ0n) is 29.2. The number of benzene rings is 1. The zero-order chi connectivity index (χ0) is 35.2. The highest BCUT2D eigenvalue weighted by Gasteiger charge is 2.56. The van der Waals surface area contributed by atoms with Gasteiger partial charge in [0.15, 0.2) is 11.6 Å². The third-order valence-corrected chi connectivity index (χ3v) is 12.9. The van der Waals surface area contributed by atoms with Crippen molar-refractivity contribution < 1.29 is 19.0 Å². The summed E-state index contributed by atoms with van der Waals surface area (Å²) in [6.45, 7) is 11.2. The molecule has 0 bridgehead atoms. The summed E-state index contributed by atoms with van der Waals surface area (Å²) in [6.07, 6.45) is 7.55. The van der Waals surface area contributed by atoms with E-state index in [-0.39, 0.29) is 33.2 Å². The molecule has 3 aromatic heterocycles. The number of aliphatic hydroxyl groups is 1. The highest BCUT2D eigenvalue weighted by Crippen LogP contribution is 2.53. The molecule has 1 amide bonds. The normalized spacial score (nSPS) is 26.7. The minimum absolute atomic E-state index is 0.0864. The summed E-state index contributed by atoms with van der Waals surface area (Å²) in [5.41, 5.74) is 4.80. The number of likely N-dealkylation sites (tertiary alicyclic amines) is 2. The number of pyridine rings is 2. The molecule has 51 heavy (non-hydrogen) atoms. The highest BCUT2D eigenvalue weighted by molar-refractivity contribution is 14.1. The molecule has 268 valence electrons. The van der Waals surface area contributed by atoms with E-state index in [1.54, 1.807) is 18.6 Å². The van der Waals surface area contributed by atoms with Crippen molar-refractivity contribution in [2.45, 2.75) is 80.1 Å². The average molecular weight is 807 g/mol. The molecule has 1 saturated carbocycles. The largest absolute Gasteiger partial charge is 0.391 e. The number of nitrogens with zero attached hydrogens (tertiary/aromatic N) is 7. The highest BCUT2D eigenvalue weighted by atomic mass is 127. The Labute approximate surface area is 310 Å². The minimum Gasteiger partial charge on any atom is -0.391 e. The Morgan fingerprint density at radius 2 is 1.86 bits per heavy atom. The Hall–Kier alpha value is -3.24. The Balaban J connectivity index is 1.09. The molecule has 7 heterocycles. The number of amides is 1. The molecule has 2 unspecified atom stereocenters. The maximum atomic E-state index is 14.8. The Morgan fingerprint density at radius 1 is 1.08 bits per heavy atom. The molecule has 3 saturated heterocycles. The van der Waals surface area contributed by atoms with Gasteiger partial charge in [-0.15, -0.1) is 0 Å². The van der Waals surface area contributed by atoms with Crippen LogP contribution in [0.25, 0.3) is 22.3 Å². The number of hydrogen-bond donors (Lipinski definition) is 2. The van der Waals surface area contributed by atoms with Crippen molar-refractivity contribution in [3.63, 3.8) is 0 Å². The molecule has 2 atom stereocenters. The number of β-amino-alcohol motifs (C(OH)–C–C–N with tert-alkyl or cyclic N) is 1. The summed E-state index contributed by atoms with van der Waals surface area (Å²) < 4.78 is 22.4. The van der Waals surface area contributed by atoms with E-state index in [0.717, 1.165) is 86.4 Å². The Kier molecular flexibility index (Phi) is 8.18. The molecule has 1 aromatic carbocycles. The van der Waals surface area contributed by atoms with Crippen molar-refractivity contribution in [2.75, 3.05) is 49.6 Å². The molecule has 9 rings (SSSR count). The van der Waals surface area contributed by atoms with E-state index in [1.165, 1.54) is 6.20 Å². The first-order chi connectivity index (χ1) is 24.5. The van der Waals surface area contributed by atoms with Gasteiger partial charge in [0.2, 0.25) is 5.91 Å². The molecular weight excluding hydrogens is 762 g/mol. The lowest BCUT2D eigenvalue weighted by molar-refractivity contribution is -0.128. The number of carbonyl (C=O) groups excluding carboxylic acids is 1. The maximum Gasteiger partial charge on any atom is 0.238 e. The van der Waals surface area contributed by atoms with E-state index in [4.69, 9.17) is 14.7 Å². The second-order valence-corrected chi connectivity index (χ2v) is 17.7. The van der Waals surface area contributed by atoms with E-state index in [9.17, 15) is 14.3 Å². The first-order valence-corrected chi connectivity index (χ1v) is 19.4. The van der Waals surface area contributed by atoms with Crippen LogP contribution in [0.15, 0.2) is 49.1 Å². The van der Waals surface area contributed by atoms with Gasteiger partial charge in [0, 0.05) is 48.0 Å². The number of anilines is 3. The monoisotopic (exact) mass is 806 g/mol. The molecule has 4 aromatic rings. The summed E-state index contributed by atoms with van der Waals surface area (Å²) >= 11 is 2.33. The number of carbonyl (C=O) groups is 1. The van der Waals surface area contributed by atoms with Crippen LogP contribution in [0.1, 0.15) is 56.1 Å². The zero-order valence-corrected chi connectivity index (χ0v) is 31.4. The Morgan fingerprint density at radius 3 is 2.53 bits per heavy atom. The summed E-state index contributed by atoms with van der Waals surface area (Å²) in [7, 11) is 0. The van der Waals surface area contributed by atoms with Crippen molar-refractivity contribution in [2.24, 2.45) is 5.41 Å². The van der Waals surface area contributed by atoms with Gasteiger partial charge in [0.1, 0.15) is 5.52 Å². The fourth-order valence-electron chi connectivity index (χ4n) is 8.98. The number of ether oxygens (including phenoxy) is 1. The number of piperidine rings is 1. The molecule has 2 N–H and O–H groups in total. The summed E-state index contributed by atoms with van der Waals surface area (Å²) in [5, 5.41) is 13.9. The van der Waals surface area contributed by atoms with Crippen LogP contribution in [0.4, 0.5) is 21.6 Å². The standard InChI is InChI=1S/C38H44FIN8O3/c1-22(40)47-21-42-31-15-30(44-35(34(31)47)43-29-6-9-41-16-28(29)39)23-4-5-27-32(12-23)48(25-13-24(14-25)46-17-33(49)37(2,3)20-46)36(50)38(27)7-10-45(11-8-38)26-18-51-19-26/h4-6,9,12,15-16,21-22,24-26,33,49H,7-8,10-11,13-14,17-20H2,1-3H3,(H,41,43,44). The fraction of sp³-hybridized carbons (Fsp3) is 0.526. The van der Waals surface area contributed by atoms with Crippen LogP contribution < -0.4 is 10.2 Å². The van der Waals surface area contributed by atoms with Crippen molar-refractivity contribution in [1.29, 1.82) is 0 Å². The number of aromatic nitrogens is 4. The van der Waals surface area contributed by atoms with Gasteiger partial charge in [-0.3, -0.25) is 19.6 Å². The van der Waals surface area contributed by atoms with Gasteiger partial charge >= 0.3 is 0 Å². The first-order valence-electron chi connectivity index (χ1n) is 18.1. The molecule has 4 aliphatic heterocycles. The SMILES string of the molecule is CC(I)n1cnc2cc(-c3ccc4c(c3)N(C3CC(N5CC(O)C(C)(C)C5)C3)C(=O)C43CCN(C4COC4)CC3)nc(Nc3ccncc3F)c21. The van der Waals surface area contributed by atoms with Crippen LogP contribution in [0.5, 0.6) is 0 Å². The molecule has 1 spiro atoms. The first kappa shape index (κ1) is 33.6. The Bertz CT molecular complexity index is 2000. The van der Waals surface area contributed by atoms with Crippen molar-refractivity contribution in [3.8, 4) is 11.3 Å². The van der Waals surface area contributed by atoms with Gasteiger partial charge in [-0.05, 0) is 69.5 Å². The van der Waals surface area contributed by atoms with Crippen molar-refractivity contribution >= 4 is 56.7 Å². The number of imidazole rings is 1. The molecule has 13 heteroatoms. The lowest BCUT2D eigenvalue weighted by Gasteiger charge is -2.47. The van der Waals surface area contributed by atoms with Gasteiger partial charge in [-0.2, -0.15) is 0 Å². The second-order valence-electron chi connectivity index (χ2n) is 15.9. The molecule has 4 fully saturated rings. The molecule has 1 aliphatic carbocycles. The third kappa shape index (κ3) is 5.48. The predicted octanol–water partition coefficient (Wildman–Crippen LogP) is 5.64. The maximum absolute atomic E-state index is 14.8. The van der Waals surface area contributed by atoms with E-state index in [2.05, 4.69) is 86.6 Å². The smallest absolute Gasteiger partial charge is 0.238 e. The number of hydrogen-bond acceptors (Lipinski definition) is 9. The van der Waals surface area contributed by atoms with Crippen LogP contribution in [-0.4, -0.2) is 104 Å². The second kappa shape index (κ2) is 12.4. The van der Waals surface area contributed by atoms with E-state index in [1.807, 2.05) is 10.6 Å². The van der Waals surface area contributed by atoms with Gasteiger partial charge < -0.3 is 24.6 Å². The fourth-order valence-corrected chi connectivity index (χ4v) is 9.40. The van der Waals surface area contributed by atoms with Crippen LogP contribution >= 0.6 is 22.6 Å². The van der Waals surface area contributed by atoms with Crippen LogP contribution in [0.2, 0.25) is 0 Å². The van der Waals surface area contributed by atoms with Gasteiger partial charge in [-0.1, -0.05) is 48.6 Å². The van der Waals surface area contributed by atoms with E-state index >= 15 is 0 Å². The minimum atomic E-state index is -0.552. The van der Waals surface area contributed by atoms with Gasteiger partial charge in [0.25, 0.3) is 0 Å². The summed E-state index contributed by atoms with van der Waals surface area (Å²) in [4.78, 5) is 35.6. The predicted molar refractivity (Wildman–Crippen MR) is 202 cm³/mol. The number of nitrogens with one attached hydrogen (secondary N) is 1. The average Bonchev–Trinajstić information content (AvgIpc) is 3.68. The van der Waals surface area contributed by atoms with Crippen molar-refractivity contribution in [1.82, 2.24) is 29.3 Å². The quantitative estimate of drug-likeness (QED) is 0.181. The van der Waals surface area contributed by atoms with Crippen LogP contribution in [0.3, 0.4) is 0 Å². The topological polar surface area (TPSA) is 112 Å². The van der Waals surface area contributed by atoms with Gasteiger partial charge in [0.05, 0.1) is 64.2 Å². The molecular formula is C38H44FIN8O3. The van der Waals surface area contributed by atoms with E-state index in [0.29, 0.717) is 30.1 Å². The number of aliphatic hydroxyl groups excluding tert-OH is 1. The molecule has 5 aliphatic rings. The number of rotatable bonds is 7. The van der Waals surface area contributed by atoms with Crippen molar-refractivity contribution in [3.05, 3.63) is 60.4 Å². The lowest BCUT2D eigenvalue weighted by Crippen LogP contribution is -2.59. The molecule has 11 nitrogen and oxygen atoms in total. The number of halogens is 2. The number of alkyl halides is 1. The third-order valence-electron chi connectivity index (χ3n) is 12.3. The van der Waals surface area contributed by atoms with Crippen LogP contribution in [-0.2, 0) is 14.9 Å². The van der Waals surface area contributed by atoms with Gasteiger partial charge in [-0.25, -0.2) is 14.4 Å². The van der Waals surface area contributed by atoms with Crippen LogP contribution in [0, 0.1) is 11.2 Å². The lowest BCUT2D eigenvalue weighted by atomic mass is 9.73. The van der Waals surface area contributed by atoms with E-state index < -0.39 is 11.2 Å². The number of fused-ring (bicyclic) bond motifs is 3. The summed E-state index contributed by atoms with van der Waals surface area (Å²) in [5.74, 6) is 0.256. The molecule has 0 radical (unpaired) electrons. The summed E-state index contributed by atoms with van der Waals surface area (Å²) in [6, 6.07) is 10.9.